The van der Waals surface area contributed by atoms with Crippen molar-refractivity contribution in [2.24, 2.45) is 0 Å². The van der Waals surface area contributed by atoms with Crippen LogP contribution in [0, 0.1) is 0 Å². The van der Waals surface area contributed by atoms with E-state index in [1.54, 1.807) is 62.6 Å². The molecule has 0 aromatic heterocycles. The van der Waals surface area contributed by atoms with Gasteiger partial charge in [-0.3, -0.25) is 0 Å². The predicted octanol–water partition coefficient (Wildman–Crippen LogP) is 2.43. The van der Waals surface area contributed by atoms with E-state index in [0.717, 1.165) is 5.56 Å². The molecule has 2 fully saturated rings. The standard InChI is InChI=1S/C21H22O7S/c1-13-17-18(28-20(22)27-17)21(23,12-14-8-10-15(25-2)11-9-14)19(26-13)29(24)16-6-4-3-5-7-16/h3-11,13,17-19,23H,12H2,1-2H3/t13-,17+,18+,19?,21-,29?/m0/s1. The van der Waals surface area contributed by atoms with Crippen LogP contribution in [0.2, 0.25) is 0 Å². The Kier molecular flexibility index (Phi) is 5.44. The Morgan fingerprint density at radius 2 is 1.83 bits per heavy atom. The second-order valence-corrected chi connectivity index (χ2v) is 8.66. The van der Waals surface area contributed by atoms with Gasteiger partial charge in [-0.1, -0.05) is 30.3 Å². The SMILES string of the molecule is COc1ccc(C[C@@]2(O)C([S+]([O-])c3ccccc3)O[C@@H](C)[C@H]3OC(=O)O[C@H]32)cc1. The molecule has 0 spiro atoms. The minimum Gasteiger partial charge on any atom is -0.609 e. The topological polar surface area (TPSA) is 97.3 Å². The first-order valence-electron chi connectivity index (χ1n) is 9.26. The highest BCUT2D eigenvalue weighted by Gasteiger charge is 2.65. The molecular weight excluding hydrogens is 396 g/mol. The molecule has 0 bridgehead atoms. The zero-order valence-corrected chi connectivity index (χ0v) is 16.8. The number of carbonyl (C=O) groups is 1. The van der Waals surface area contributed by atoms with Gasteiger partial charge < -0.3 is 28.6 Å². The maximum absolute atomic E-state index is 13.3. The van der Waals surface area contributed by atoms with Crippen LogP contribution in [0.15, 0.2) is 59.5 Å². The van der Waals surface area contributed by atoms with Gasteiger partial charge in [-0.05, 0) is 36.8 Å². The van der Waals surface area contributed by atoms with Crippen molar-refractivity contribution in [3.05, 3.63) is 60.2 Å². The highest BCUT2D eigenvalue weighted by atomic mass is 32.2. The van der Waals surface area contributed by atoms with Crippen molar-refractivity contribution in [1.82, 2.24) is 0 Å². The van der Waals surface area contributed by atoms with E-state index in [1.165, 1.54) is 0 Å². The Hall–Kier alpha value is -2.26. The summed E-state index contributed by atoms with van der Waals surface area (Å²) in [6, 6.07) is 15.9. The summed E-state index contributed by atoms with van der Waals surface area (Å²) >= 11 is -1.70. The van der Waals surface area contributed by atoms with Crippen molar-refractivity contribution >= 4 is 17.3 Å². The molecule has 2 aromatic rings. The van der Waals surface area contributed by atoms with E-state index in [0.29, 0.717) is 10.6 Å². The maximum Gasteiger partial charge on any atom is 0.509 e. The van der Waals surface area contributed by atoms with Gasteiger partial charge in [0.15, 0.2) is 22.7 Å². The second-order valence-electron chi connectivity index (χ2n) is 7.17. The monoisotopic (exact) mass is 418 g/mol. The van der Waals surface area contributed by atoms with Gasteiger partial charge in [0.2, 0.25) is 0 Å². The van der Waals surface area contributed by atoms with Gasteiger partial charge >= 0.3 is 6.16 Å². The van der Waals surface area contributed by atoms with Crippen molar-refractivity contribution in [2.75, 3.05) is 7.11 Å². The molecule has 4 rings (SSSR count). The van der Waals surface area contributed by atoms with E-state index in [2.05, 4.69) is 0 Å². The fourth-order valence-electron chi connectivity index (χ4n) is 3.79. The summed E-state index contributed by atoms with van der Waals surface area (Å²) in [5.74, 6) is 0.673. The van der Waals surface area contributed by atoms with Gasteiger partial charge in [0, 0.05) is 17.6 Å². The van der Waals surface area contributed by atoms with Gasteiger partial charge in [0.1, 0.15) is 11.9 Å². The van der Waals surface area contributed by atoms with Crippen molar-refractivity contribution in [2.45, 2.75) is 47.6 Å². The minimum absolute atomic E-state index is 0.0603. The van der Waals surface area contributed by atoms with Crippen LogP contribution in [0.5, 0.6) is 5.75 Å². The van der Waals surface area contributed by atoms with Crippen LogP contribution in [0.25, 0.3) is 0 Å². The van der Waals surface area contributed by atoms with E-state index in [1.807, 2.05) is 6.07 Å². The van der Waals surface area contributed by atoms with Crippen LogP contribution in [-0.4, -0.2) is 52.3 Å². The third-order valence-corrected chi connectivity index (χ3v) is 6.92. The Balaban J connectivity index is 1.71. The Bertz CT molecular complexity index is 859. The summed E-state index contributed by atoms with van der Waals surface area (Å²) in [6.07, 6.45) is -3.17. The lowest BCUT2D eigenvalue weighted by Gasteiger charge is -2.45. The third kappa shape index (κ3) is 3.69. The summed E-state index contributed by atoms with van der Waals surface area (Å²) in [4.78, 5) is 12.3. The van der Waals surface area contributed by atoms with E-state index < -0.39 is 46.7 Å². The van der Waals surface area contributed by atoms with Gasteiger partial charge in [0.05, 0.1) is 7.11 Å². The number of benzene rings is 2. The van der Waals surface area contributed by atoms with Crippen molar-refractivity contribution in [1.29, 1.82) is 0 Å². The molecule has 7 nitrogen and oxygen atoms in total. The molecule has 2 saturated heterocycles. The number of aliphatic hydroxyl groups is 1. The molecule has 2 aliphatic rings. The zero-order chi connectivity index (χ0) is 20.6. The number of carbonyl (C=O) groups excluding carboxylic acids is 1. The number of hydrogen-bond donors (Lipinski definition) is 1. The Morgan fingerprint density at radius 3 is 2.48 bits per heavy atom. The molecule has 0 saturated carbocycles. The van der Waals surface area contributed by atoms with Crippen molar-refractivity contribution in [3.8, 4) is 5.75 Å². The maximum atomic E-state index is 13.3. The first-order valence-corrected chi connectivity index (χ1v) is 10.5. The average molecular weight is 418 g/mol. The van der Waals surface area contributed by atoms with Crippen LogP contribution in [0.1, 0.15) is 12.5 Å². The smallest absolute Gasteiger partial charge is 0.509 e. The Morgan fingerprint density at radius 1 is 1.14 bits per heavy atom. The lowest BCUT2D eigenvalue weighted by Crippen LogP contribution is -2.67. The molecule has 0 aliphatic carbocycles. The molecule has 6 atom stereocenters. The first-order chi connectivity index (χ1) is 13.9. The number of rotatable bonds is 5. The van der Waals surface area contributed by atoms with Gasteiger partial charge in [-0.15, -0.1) is 0 Å². The lowest BCUT2D eigenvalue weighted by molar-refractivity contribution is -0.208. The summed E-state index contributed by atoms with van der Waals surface area (Å²) in [5, 5.41) is 11.7. The minimum atomic E-state index is -1.75. The molecule has 2 unspecified atom stereocenters. The number of fused-ring (bicyclic) bond motifs is 1. The highest BCUT2D eigenvalue weighted by Crippen LogP contribution is 2.43. The van der Waals surface area contributed by atoms with E-state index in [4.69, 9.17) is 18.9 Å². The molecular formula is C21H22O7S. The molecule has 2 heterocycles. The van der Waals surface area contributed by atoms with Crippen LogP contribution < -0.4 is 4.74 Å². The Labute approximate surface area is 171 Å². The lowest BCUT2D eigenvalue weighted by atomic mass is 9.83. The number of hydrogen-bond acceptors (Lipinski definition) is 7. The van der Waals surface area contributed by atoms with Crippen molar-refractivity contribution < 1.29 is 33.4 Å². The van der Waals surface area contributed by atoms with E-state index >= 15 is 0 Å². The summed E-state index contributed by atoms with van der Waals surface area (Å²) in [5.41, 5.74) is -2.11. The molecule has 2 aliphatic heterocycles. The van der Waals surface area contributed by atoms with Gasteiger partial charge in [-0.25, -0.2) is 4.79 Å². The zero-order valence-electron chi connectivity index (χ0n) is 16.0. The molecule has 2 aromatic carbocycles. The normalized spacial score (nSPS) is 32.1. The molecule has 8 heteroatoms. The first kappa shape index (κ1) is 20.0. The molecule has 0 radical (unpaired) electrons. The average Bonchev–Trinajstić information content (AvgIpc) is 3.15. The van der Waals surface area contributed by atoms with Crippen LogP contribution in [0.3, 0.4) is 0 Å². The fourth-order valence-corrected chi connectivity index (χ4v) is 5.33. The summed E-state index contributed by atoms with van der Waals surface area (Å²) < 4.78 is 35.0. The quantitative estimate of drug-likeness (QED) is 0.588. The molecule has 29 heavy (non-hydrogen) atoms. The summed E-state index contributed by atoms with van der Waals surface area (Å²) in [7, 11) is 1.57. The molecule has 1 N–H and O–H groups in total. The van der Waals surface area contributed by atoms with Crippen molar-refractivity contribution in [3.63, 3.8) is 0 Å². The van der Waals surface area contributed by atoms with E-state index in [9.17, 15) is 14.5 Å². The second kappa shape index (κ2) is 7.87. The molecule has 154 valence electrons. The number of ether oxygens (including phenoxy) is 4. The predicted molar refractivity (Wildman–Crippen MR) is 104 cm³/mol. The number of methoxy groups -OCH3 is 1. The van der Waals surface area contributed by atoms with Crippen LogP contribution >= 0.6 is 0 Å². The van der Waals surface area contributed by atoms with Crippen LogP contribution in [0.4, 0.5) is 4.79 Å². The summed E-state index contributed by atoms with van der Waals surface area (Å²) in [6.45, 7) is 1.71. The fraction of sp³-hybridized carbons (Fsp3) is 0.381. The van der Waals surface area contributed by atoms with Gasteiger partial charge in [-0.2, -0.15) is 0 Å². The highest BCUT2D eigenvalue weighted by molar-refractivity contribution is 7.92. The molecule has 0 amide bonds. The van der Waals surface area contributed by atoms with Crippen LogP contribution in [-0.2, 0) is 31.8 Å². The third-order valence-electron chi connectivity index (χ3n) is 5.27. The van der Waals surface area contributed by atoms with Gasteiger partial charge in [0.25, 0.3) is 5.44 Å². The van der Waals surface area contributed by atoms with E-state index in [-0.39, 0.29) is 6.42 Å². The largest absolute Gasteiger partial charge is 0.609 e.